The fourth-order valence-corrected chi connectivity index (χ4v) is 13.4. The number of nitrogens with one attached hydrogen (secondary N) is 3. The lowest BCUT2D eigenvalue weighted by Gasteiger charge is -2.20. The van der Waals surface area contributed by atoms with Crippen LogP contribution in [0.3, 0.4) is 0 Å². The summed E-state index contributed by atoms with van der Waals surface area (Å²) in [6.07, 6.45) is 38.0. The number of anilines is 1. The maximum atomic E-state index is 14.0. The molecule has 95 heavy (non-hydrogen) atoms. The Morgan fingerprint density at radius 1 is 0.347 bits per heavy atom. The van der Waals surface area contributed by atoms with Crippen LogP contribution >= 0.6 is 0 Å². The van der Waals surface area contributed by atoms with Crippen LogP contribution in [0.5, 0.6) is 0 Å². The summed E-state index contributed by atoms with van der Waals surface area (Å²) in [5, 5.41) is 3.19. The first-order valence-corrected chi connectivity index (χ1v) is 33.3. The van der Waals surface area contributed by atoms with Crippen LogP contribution in [0.25, 0.3) is 97.0 Å². The van der Waals surface area contributed by atoms with Crippen LogP contribution in [0, 0.1) is 104 Å². The fourth-order valence-electron chi connectivity index (χ4n) is 13.4. The summed E-state index contributed by atoms with van der Waals surface area (Å²) >= 11 is 0. The van der Waals surface area contributed by atoms with E-state index in [9.17, 15) is 4.79 Å². The molecular formula is C89H93N5O. The Bertz CT molecular complexity index is 4820. The average Bonchev–Trinajstić information content (AvgIpc) is 1.41. The molecule has 6 heteroatoms. The standard InChI is InChI=1S/C89H93N5O/c1-21-26-51(2)29-24-30-52(3)27-22-23-28-53(4)31-25-32-54(5)33-34-70-35-37-72(38-36-70)89(95)90-73-41-39-71(40-42-73)85-74-43-45-76(91-74)86(82-64(15)58(9)55(6)59(10)65(82)16)78-47-49-80(93-78)88(84-68(19)62(13)57(8)63(14)69(84)20)81-50-48-79(94-81)87(77-46-44-75(85)92-77)83-66(17)60(11)56(7)61(12)67(83)18/h21-50,91,94H,1-20H3,(H,90,95)/b23-22+,26-21+,30-24+,31-25+,34-33+,51-29+,52-27+,53-28+,54-32+,85-74?,85-75?,86-76?,86-78?,87-77?,87-79?,88-80?,88-81?. The van der Waals surface area contributed by atoms with Crippen molar-refractivity contribution in [2.45, 2.75) is 138 Å². The molecule has 0 aliphatic carbocycles. The minimum atomic E-state index is -0.186. The van der Waals surface area contributed by atoms with Gasteiger partial charge in [-0.1, -0.05) is 132 Å². The highest BCUT2D eigenvalue weighted by atomic mass is 16.1. The molecule has 1 amide bonds. The Labute approximate surface area is 565 Å². The molecule has 0 atom stereocenters. The number of nitrogens with zero attached hydrogens (tertiary/aromatic N) is 2. The molecule has 3 aromatic heterocycles. The molecule has 6 nitrogen and oxygen atoms in total. The van der Waals surface area contributed by atoms with Crippen molar-refractivity contribution in [3.63, 3.8) is 0 Å². The SMILES string of the molecule is C/C=C/C(C)=C/C=C/C(C)=C/C=C/C=C(C)/C=C/C=C(C)/C=C/c1ccc(C(=O)Nc2ccc(-c3c4nc(c(-c5c(C)c(C)c(C)c(C)c5C)c5ccc([nH]5)c(-c5c(C)c(C)c(C)c(C)c5C)c5nc(c(-c6c(C)c(C)c(C)c(C)c6C)c6ccc3[nH]6)C=C5)C=C4)cc2)cc1. The van der Waals surface area contributed by atoms with Crippen LogP contribution in [0.4, 0.5) is 5.69 Å². The van der Waals surface area contributed by atoms with Crippen LogP contribution in [-0.2, 0) is 0 Å². The van der Waals surface area contributed by atoms with Crippen molar-refractivity contribution >= 4 is 64.0 Å². The normalized spacial score (nSPS) is 13.3. The van der Waals surface area contributed by atoms with Gasteiger partial charge in [0.15, 0.2) is 0 Å². The summed E-state index contributed by atoms with van der Waals surface area (Å²) in [7, 11) is 0. The maximum absolute atomic E-state index is 14.0. The molecule has 3 N–H and O–H groups in total. The number of fused-ring (bicyclic) bond motifs is 8. The lowest BCUT2D eigenvalue weighted by atomic mass is 9.85. The minimum absolute atomic E-state index is 0.186. The van der Waals surface area contributed by atoms with Gasteiger partial charge in [-0.05, 0) is 323 Å². The van der Waals surface area contributed by atoms with Gasteiger partial charge in [0, 0.05) is 55.6 Å². The fraction of sp³-hybridized carbons (Fsp3) is 0.225. The number of H-pyrrole nitrogens is 2. The number of carbonyl (C=O) groups is 1. The molecular weight excluding hydrogens is 1160 g/mol. The molecule has 5 heterocycles. The summed E-state index contributed by atoms with van der Waals surface area (Å²) in [6.45, 7) is 44.2. The molecule has 8 bridgehead atoms. The van der Waals surface area contributed by atoms with E-state index < -0.39 is 0 Å². The van der Waals surface area contributed by atoms with E-state index >= 15 is 0 Å². The number of amides is 1. The van der Waals surface area contributed by atoms with Crippen molar-refractivity contribution in [3.05, 3.63) is 291 Å². The zero-order valence-corrected chi connectivity index (χ0v) is 59.6. The van der Waals surface area contributed by atoms with Crippen LogP contribution in [-0.4, -0.2) is 25.8 Å². The van der Waals surface area contributed by atoms with Crippen molar-refractivity contribution in [1.82, 2.24) is 19.9 Å². The smallest absolute Gasteiger partial charge is 0.255 e. The summed E-state index contributed by atoms with van der Waals surface area (Å²) in [5.41, 5.74) is 41.9. The number of aromatic amines is 2. The Morgan fingerprint density at radius 2 is 0.663 bits per heavy atom. The van der Waals surface area contributed by atoms with Crippen molar-refractivity contribution in [2.75, 3.05) is 5.32 Å². The zero-order valence-electron chi connectivity index (χ0n) is 59.6. The van der Waals surface area contributed by atoms with Gasteiger partial charge in [0.05, 0.1) is 22.8 Å². The van der Waals surface area contributed by atoms with E-state index in [-0.39, 0.29) is 5.91 Å². The van der Waals surface area contributed by atoms with Crippen molar-refractivity contribution in [1.29, 1.82) is 0 Å². The second kappa shape index (κ2) is 28.6. The van der Waals surface area contributed by atoms with Gasteiger partial charge in [0.25, 0.3) is 5.91 Å². The average molecular weight is 1250 g/mol. The van der Waals surface area contributed by atoms with E-state index in [0.717, 1.165) is 89.4 Å². The molecule has 0 unspecified atom stereocenters. The van der Waals surface area contributed by atoms with E-state index in [1.54, 1.807) is 0 Å². The number of rotatable bonds is 15. The highest BCUT2D eigenvalue weighted by Crippen LogP contribution is 2.45. The van der Waals surface area contributed by atoms with Gasteiger partial charge < -0.3 is 15.3 Å². The van der Waals surface area contributed by atoms with Gasteiger partial charge >= 0.3 is 0 Å². The van der Waals surface area contributed by atoms with Gasteiger partial charge in [-0.15, -0.1) is 0 Å². The topological polar surface area (TPSA) is 86.5 Å². The lowest BCUT2D eigenvalue weighted by molar-refractivity contribution is 0.102. The molecule has 0 fully saturated rings. The molecule has 2 aliphatic rings. The summed E-state index contributed by atoms with van der Waals surface area (Å²) < 4.78 is 0. The number of carbonyl (C=O) groups excluding carboxylic acids is 1. The van der Waals surface area contributed by atoms with E-state index in [1.165, 1.54) is 111 Å². The first-order valence-electron chi connectivity index (χ1n) is 33.3. The van der Waals surface area contributed by atoms with Gasteiger partial charge in [0.2, 0.25) is 0 Å². The second-order valence-electron chi connectivity index (χ2n) is 26.2. The monoisotopic (exact) mass is 1250 g/mol. The molecule has 8 aromatic rings. The third-order valence-corrected chi connectivity index (χ3v) is 20.3. The third-order valence-electron chi connectivity index (χ3n) is 20.3. The molecule has 480 valence electrons. The molecule has 10 rings (SSSR count). The van der Waals surface area contributed by atoms with Crippen LogP contribution in [0.1, 0.15) is 157 Å². The summed E-state index contributed by atoms with van der Waals surface area (Å²) in [5.74, 6) is -0.186. The van der Waals surface area contributed by atoms with Gasteiger partial charge in [-0.25, -0.2) is 9.97 Å². The minimum Gasteiger partial charge on any atom is -0.354 e. The lowest BCUT2D eigenvalue weighted by Crippen LogP contribution is -2.11. The van der Waals surface area contributed by atoms with Gasteiger partial charge in [0.1, 0.15) is 0 Å². The highest BCUT2D eigenvalue weighted by molar-refractivity contribution is 6.05. The molecule has 0 saturated heterocycles. The van der Waals surface area contributed by atoms with E-state index in [0.29, 0.717) is 11.3 Å². The predicted molar refractivity (Wildman–Crippen MR) is 412 cm³/mol. The first-order chi connectivity index (χ1) is 45.4. The van der Waals surface area contributed by atoms with Crippen molar-refractivity contribution in [2.24, 2.45) is 0 Å². The molecule has 5 aromatic carbocycles. The molecule has 0 radical (unpaired) electrons. The van der Waals surface area contributed by atoms with E-state index in [2.05, 4.69) is 287 Å². The number of hydrogen-bond acceptors (Lipinski definition) is 3. The largest absolute Gasteiger partial charge is 0.354 e. The predicted octanol–water partition coefficient (Wildman–Crippen LogP) is 24.2. The summed E-state index contributed by atoms with van der Waals surface area (Å²) in [6, 6.07) is 24.8. The zero-order chi connectivity index (χ0) is 68.3. The quantitative estimate of drug-likeness (QED) is 0.0894. The van der Waals surface area contributed by atoms with E-state index in [1.807, 2.05) is 49.4 Å². The van der Waals surface area contributed by atoms with Gasteiger partial charge in [-0.3, -0.25) is 4.79 Å². The molecule has 0 saturated carbocycles. The molecule has 0 spiro atoms. The van der Waals surface area contributed by atoms with Crippen LogP contribution < -0.4 is 5.32 Å². The Morgan fingerprint density at radius 3 is 1.03 bits per heavy atom. The number of hydrogen-bond donors (Lipinski definition) is 3. The van der Waals surface area contributed by atoms with Crippen molar-refractivity contribution in [3.8, 4) is 44.5 Å². The third kappa shape index (κ3) is 13.9. The van der Waals surface area contributed by atoms with Crippen molar-refractivity contribution < 1.29 is 4.79 Å². The highest BCUT2D eigenvalue weighted by Gasteiger charge is 2.26. The van der Waals surface area contributed by atoms with Crippen LogP contribution in [0.2, 0.25) is 0 Å². The van der Waals surface area contributed by atoms with E-state index in [4.69, 9.17) is 9.97 Å². The second-order valence-corrected chi connectivity index (χ2v) is 26.2. The van der Waals surface area contributed by atoms with Crippen LogP contribution in [0.15, 0.2) is 174 Å². The Hall–Kier alpha value is -10.2. The number of benzene rings is 5. The Balaban J connectivity index is 1.05. The summed E-state index contributed by atoms with van der Waals surface area (Å²) in [4.78, 5) is 33.6. The number of allylic oxidation sites excluding steroid dienone is 17. The first kappa shape index (κ1) is 67.7. The Kier molecular flexibility index (Phi) is 20.4. The number of aromatic nitrogens is 4. The maximum Gasteiger partial charge on any atom is 0.255 e. The molecule has 2 aliphatic heterocycles. The van der Waals surface area contributed by atoms with Gasteiger partial charge in [-0.2, -0.15) is 0 Å².